The van der Waals surface area contributed by atoms with Gasteiger partial charge in [0, 0.05) is 56.2 Å². The number of amides is 1. The average molecular weight is 440 g/mol. The van der Waals surface area contributed by atoms with E-state index in [0.29, 0.717) is 6.54 Å². The van der Waals surface area contributed by atoms with Gasteiger partial charge in [0.1, 0.15) is 9.71 Å². The van der Waals surface area contributed by atoms with Crippen LogP contribution in [0.15, 0.2) is 30.6 Å². The summed E-state index contributed by atoms with van der Waals surface area (Å²) in [6, 6.07) is 6.06. The molecule has 0 bridgehead atoms. The first-order valence-electron chi connectivity index (χ1n) is 11.3. The van der Waals surface area contributed by atoms with Crippen LogP contribution in [-0.2, 0) is 0 Å². The maximum Gasteiger partial charge on any atom is 0.263 e. The maximum absolute atomic E-state index is 13.1. The van der Waals surface area contributed by atoms with E-state index in [4.69, 9.17) is 4.98 Å². The Balaban J connectivity index is 1.40. The number of piperazine rings is 1. The van der Waals surface area contributed by atoms with Crippen LogP contribution in [-0.4, -0.2) is 71.1 Å². The number of nitrogens with one attached hydrogen (secondary N) is 1. The molecule has 1 N–H and O–H groups in total. The quantitative estimate of drug-likeness (QED) is 0.542. The van der Waals surface area contributed by atoms with E-state index in [1.54, 1.807) is 0 Å². The Kier molecular flexibility index (Phi) is 7.05. The van der Waals surface area contributed by atoms with Crippen LogP contribution in [0.5, 0.6) is 0 Å². The van der Waals surface area contributed by atoms with Crippen molar-refractivity contribution in [2.24, 2.45) is 0 Å². The molecule has 4 rings (SSSR count). The summed E-state index contributed by atoms with van der Waals surface area (Å²) in [6.07, 6.45) is 6.19. The molecule has 3 aromatic rings. The molecule has 0 saturated carbocycles. The second-order valence-corrected chi connectivity index (χ2v) is 9.42. The number of pyridine rings is 1. The summed E-state index contributed by atoms with van der Waals surface area (Å²) in [5, 5.41) is 4.23. The Morgan fingerprint density at radius 3 is 2.45 bits per heavy atom. The summed E-state index contributed by atoms with van der Waals surface area (Å²) in [7, 11) is 0. The predicted octanol–water partition coefficient (Wildman–Crippen LogP) is 3.85. The molecule has 0 radical (unpaired) electrons. The first-order chi connectivity index (χ1) is 15.1. The van der Waals surface area contributed by atoms with Gasteiger partial charge in [-0.3, -0.25) is 4.79 Å². The largest absolute Gasteiger partial charge is 0.351 e. The lowest BCUT2D eigenvalue weighted by Crippen LogP contribution is -2.47. The molecule has 0 aromatic carbocycles. The summed E-state index contributed by atoms with van der Waals surface area (Å²) >= 11 is 1.49. The third-order valence-electron chi connectivity index (χ3n) is 5.97. The van der Waals surface area contributed by atoms with Crippen LogP contribution in [0.2, 0.25) is 0 Å². The van der Waals surface area contributed by atoms with Gasteiger partial charge in [0.2, 0.25) is 0 Å². The number of carbonyl (C=O) groups excluding carboxylic acids is 1. The summed E-state index contributed by atoms with van der Waals surface area (Å²) in [4.78, 5) is 24.6. The Bertz CT molecular complexity index is 1020. The number of aromatic nitrogens is 2. The van der Waals surface area contributed by atoms with Gasteiger partial charge in [-0.25, -0.2) is 4.98 Å². The monoisotopic (exact) mass is 439 g/mol. The lowest BCUT2D eigenvalue weighted by molar-refractivity contribution is 0.0952. The maximum atomic E-state index is 13.1. The third-order valence-corrected chi connectivity index (χ3v) is 7.04. The van der Waals surface area contributed by atoms with Crippen molar-refractivity contribution in [3.8, 4) is 5.69 Å². The van der Waals surface area contributed by atoms with Crippen molar-refractivity contribution in [1.82, 2.24) is 24.7 Å². The van der Waals surface area contributed by atoms with Crippen molar-refractivity contribution in [3.05, 3.63) is 46.7 Å². The van der Waals surface area contributed by atoms with Gasteiger partial charge in [-0.1, -0.05) is 6.92 Å². The van der Waals surface area contributed by atoms with Crippen LogP contribution in [0.4, 0.5) is 0 Å². The minimum atomic E-state index is -0.00322. The molecule has 0 atom stereocenters. The third kappa shape index (κ3) is 5.00. The van der Waals surface area contributed by atoms with E-state index >= 15 is 0 Å². The molecule has 1 aliphatic rings. The number of hydrogen-bond donors (Lipinski definition) is 1. The van der Waals surface area contributed by atoms with Crippen molar-refractivity contribution < 1.29 is 4.79 Å². The Morgan fingerprint density at radius 1 is 1.10 bits per heavy atom. The number of rotatable bonds is 8. The smallest absolute Gasteiger partial charge is 0.263 e. The lowest BCUT2D eigenvalue weighted by atomic mass is 10.1. The van der Waals surface area contributed by atoms with Crippen molar-refractivity contribution >= 4 is 27.5 Å². The summed E-state index contributed by atoms with van der Waals surface area (Å²) in [6.45, 7) is 13.9. The normalized spacial score (nSPS) is 15.6. The first kappa shape index (κ1) is 22.0. The van der Waals surface area contributed by atoms with E-state index in [2.05, 4.69) is 35.0 Å². The number of aryl methyl sites for hydroxylation is 2. The summed E-state index contributed by atoms with van der Waals surface area (Å²) in [5.41, 5.74) is 3.08. The number of thiophene rings is 1. The molecule has 31 heavy (non-hydrogen) atoms. The van der Waals surface area contributed by atoms with Gasteiger partial charge in [0.15, 0.2) is 0 Å². The van der Waals surface area contributed by atoms with Crippen LogP contribution in [0.1, 0.15) is 40.7 Å². The van der Waals surface area contributed by atoms with Crippen molar-refractivity contribution in [3.63, 3.8) is 0 Å². The first-order valence-corrected chi connectivity index (χ1v) is 12.2. The molecule has 0 unspecified atom stereocenters. The van der Waals surface area contributed by atoms with Gasteiger partial charge >= 0.3 is 0 Å². The highest BCUT2D eigenvalue weighted by Gasteiger charge is 2.22. The molecule has 1 amide bonds. The lowest BCUT2D eigenvalue weighted by Gasteiger charge is -2.34. The molecule has 4 heterocycles. The fourth-order valence-electron chi connectivity index (χ4n) is 4.44. The van der Waals surface area contributed by atoms with Crippen molar-refractivity contribution in [2.45, 2.75) is 33.6 Å². The van der Waals surface area contributed by atoms with Crippen LogP contribution >= 0.6 is 11.3 Å². The second kappa shape index (κ2) is 9.94. The van der Waals surface area contributed by atoms with Crippen LogP contribution < -0.4 is 5.32 Å². The van der Waals surface area contributed by atoms with E-state index in [0.717, 1.165) is 71.2 Å². The molecular weight excluding hydrogens is 406 g/mol. The molecule has 1 fully saturated rings. The predicted molar refractivity (Wildman–Crippen MR) is 129 cm³/mol. The minimum Gasteiger partial charge on any atom is -0.351 e. The zero-order chi connectivity index (χ0) is 21.8. The Morgan fingerprint density at radius 2 is 1.77 bits per heavy atom. The Labute approximate surface area is 188 Å². The van der Waals surface area contributed by atoms with Crippen LogP contribution in [0.25, 0.3) is 15.9 Å². The highest BCUT2D eigenvalue weighted by molar-refractivity contribution is 7.21. The zero-order valence-corrected chi connectivity index (χ0v) is 19.7. The minimum absolute atomic E-state index is 0.00322. The average Bonchev–Trinajstić information content (AvgIpc) is 3.40. The Hall–Kier alpha value is -2.22. The molecule has 166 valence electrons. The van der Waals surface area contributed by atoms with Gasteiger partial charge in [-0.2, -0.15) is 0 Å². The van der Waals surface area contributed by atoms with Gasteiger partial charge in [0.25, 0.3) is 5.91 Å². The van der Waals surface area contributed by atoms with Crippen molar-refractivity contribution in [2.75, 3.05) is 45.8 Å². The van der Waals surface area contributed by atoms with E-state index in [9.17, 15) is 4.79 Å². The topological polar surface area (TPSA) is 53.4 Å². The van der Waals surface area contributed by atoms with E-state index < -0.39 is 0 Å². The van der Waals surface area contributed by atoms with Gasteiger partial charge in [0.05, 0.1) is 5.69 Å². The van der Waals surface area contributed by atoms with E-state index in [1.807, 2.05) is 36.0 Å². The number of nitrogens with zero attached hydrogens (tertiary/aromatic N) is 4. The van der Waals surface area contributed by atoms with Crippen molar-refractivity contribution in [1.29, 1.82) is 0 Å². The molecule has 3 aromatic heterocycles. The number of carbonyl (C=O) groups is 1. The zero-order valence-electron chi connectivity index (χ0n) is 18.9. The summed E-state index contributed by atoms with van der Waals surface area (Å²) in [5.74, 6) is -0.00322. The molecule has 0 spiro atoms. The van der Waals surface area contributed by atoms with Crippen LogP contribution in [0, 0.1) is 13.8 Å². The molecule has 1 saturated heterocycles. The highest BCUT2D eigenvalue weighted by atomic mass is 32.1. The molecule has 7 heteroatoms. The summed E-state index contributed by atoms with van der Waals surface area (Å²) < 4.78 is 2.04. The fourth-order valence-corrected chi connectivity index (χ4v) is 5.66. The van der Waals surface area contributed by atoms with Gasteiger partial charge < -0.3 is 19.7 Å². The molecule has 6 nitrogen and oxygen atoms in total. The standard InChI is InChI=1S/C24H33N5OS/c1-4-9-27-13-15-28(16-14-27)10-7-8-25-23(30)22-21(29-11-5-6-12-29)20-18(2)17-19(3)26-24(20)31-22/h5-6,11-12,17H,4,7-10,13-16H2,1-3H3,(H,25,30). The van der Waals surface area contributed by atoms with E-state index in [1.165, 1.54) is 24.3 Å². The van der Waals surface area contributed by atoms with Gasteiger partial charge in [-0.05, 0) is 63.5 Å². The van der Waals surface area contributed by atoms with Gasteiger partial charge in [-0.15, -0.1) is 11.3 Å². The SMILES string of the molecule is CCCN1CCN(CCCNC(=O)c2sc3nc(C)cc(C)c3c2-n2cccc2)CC1. The highest BCUT2D eigenvalue weighted by Crippen LogP contribution is 2.35. The molecule has 0 aliphatic carbocycles. The fraction of sp³-hybridized carbons (Fsp3) is 0.500. The second-order valence-electron chi connectivity index (χ2n) is 8.42. The van der Waals surface area contributed by atoms with Crippen LogP contribution in [0.3, 0.4) is 0 Å². The number of hydrogen-bond acceptors (Lipinski definition) is 5. The molecule has 1 aliphatic heterocycles. The van der Waals surface area contributed by atoms with E-state index in [-0.39, 0.29) is 5.91 Å². The number of fused-ring (bicyclic) bond motifs is 1. The molecular formula is C24H33N5OS.